The number of ether oxygens (including phenoxy) is 1. The SMILES string of the molecule is C=C([C@@H]1CN(C(=O)OC(C)(C)C)C[C@@H]1O)[Si](C)(C)C. The third kappa shape index (κ3) is 4.35. The molecule has 0 aromatic heterocycles. The molecule has 0 aromatic rings. The van der Waals surface area contributed by atoms with Crippen molar-refractivity contribution in [3.63, 3.8) is 0 Å². The number of hydrogen-bond acceptors (Lipinski definition) is 3. The lowest BCUT2D eigenvalue weighted by atomic mass is 10.1. The second kappa shape index (κ2) is 5.29. The van der Waals surface area contributed by atoms with Gasteiger partial charge >= 0.3 is 6.09 Å². The number of nitrogens with zero attached hydrogens (tertiary/aromatic N) is 1. The minimum absolute atomic E-state index is 0.0146. The molecule has 0 radical (unpaired) electrons. The van der Waals surface area contributed by atoms with Crippen LogP contribution in [0.1, 0.15) is 20.8 Å². The van der Waals surface area contributed by atoms with Gasteiger partial charge in [0.2, 0.25) is 0 Å². The van der Waals surface area contributed by atoms with E-state index in [1.165, 1.54) is 0 Å². The third-order valence-corrected chi connectivity index (χ3v) is 5.65. The summed E-state index contributed by atoms with van der Waals surface area (Å²) in [6, 6.07) is 0. The van der Waals surface area contributed by atoms with Gasteiger partial charge in [0, 0.05) is 12.5 Å². The standard InChI is InChI=1S/C14H27NO3Si/c1-10(19(5,6)7)11-8-15(9-12(11)16)13(17)18-14(2,3)4/h11-12,16H,1,8-9H2,2-7H3/t11-,12-/m0/s1. The molecule has 0 aliphatic carbocycles. The van der Waals surface area contributed by atoms with E-state index < -0.39 is 19.8 Å². The minimum Gasteiger partial charge on any atom is -0.444 e. The average molecular weight is 285 g/mol. The van der Waals surface area contributed by atoms with Crippen molar-refractivity contribution in [3.8, 4) is 0 Å². The highest BCUT2D eigenvalue weighted by molar-refractivity contribution is 6.83. The molecular formula is C14H27NO3Si. The largest absolute Gasteiger partial charge is 0.444 e. The Bertz CT molecular complexity index is 368. The molecule has 1 aliphatic heterocycles. The highest BCUT2D eigenvalue weighted by Gasteiger charge is 2.40. The topological polar surface area (TPSA) is 49.8 Å². The quantitative estimate of drug-likeness (QED) is 0.794. The van der Waals surface area contributed by atoms with Crippen LogP contribution in [0.3, 0.4) is 0 Å². The smallest absolute Gasteiger partial charge is 0.410 e. The molecule has 1 aliphatic rings. The van der Waals surface area contributed by atoms with E-state index in [2.05, 4.69) is 26.2 Å². The van der Waals surface area contributed by atoms with Gasteiger partial charge in [-0.05, 0) is 20.8 Å². The summed E-state index contributed by atoms with van der Waals surface area (Å²) < 4.78 is 5.34. The van der Waals surface area contributed by atoms with E-state index >= 15 is 0 Å². The highest BCUT2D eigenvalue weighted by Crippen LogP contribution is 2.30. The van der Waals surface area contributed by atoms with Crippen LogP contribution in [0, 0.1) is 5.92 Å². The molecule has 19 heavy (non-hydrogen) atoms. The van der Waals surface area contributed by atoms with Gasteiger partial charge in [-0.25, -0.2) is 4.79 Å². The van der Waals surface area contributed by atoms with Crippen molar-refractivity contribution < 1.29 is 14.6 Å². The molecule has 0 unspecified atom stereocenters. The van der Waals surface area contributed by atoms with Crippen LogP contribution < -0.4 is 0 Å². The number of amides is 1. The van der Waals surface area contributed by atoms with E-state index in [1.807, 2.05) is 20.8 Å². The van der Waals surface area contributed by atoms with Gasteiger partial charge < -0.3 is 14.7 Å². The Labute approximate surface area is 117 Å². The lowest BCUT2D eigenvalue weighted by Gasteiger charge is -2.27. The fraction of sp³-hybridized carbons (Fsp3) is 0.786. The van der Waals surface area contributed by atoms with Crippen molar-refractivity contribution in [3.05, 3.63) is 11.8 Å². The Morgan fingerprint density at radius 3 is 2.26 bits per heavy atom. The van der Waals surface area contributed by atoms with E-state index in [-0.39, 0.29) is 12.0 Å². The van der Waals surface area contributed by atoms with Crippen LogP contribution in [-0.2, 0) is 4.74 Å². The zero-order valence-electron chi connectivity index (χ0n) is 13.0. The Morgan fingerprint density at radius 1 is 1.32 bits per heavy atom. The van der Waals surface area contributed by atoms with Crippen LogP contribution in [0.25, 0.3) is 0 Å². The highest BCUT2D eigenvalue weighted by atomic mass is 28.3. The summed E-state index contributed by atoms with van der Waals surface area (Å²) in [6.07, 6.45) is -0.871. The number of aliphatic hydroxyl groups excluding tert-OH is 1. The minimum atomic E-state index is -1.51. The van der Waals surface area contributed by atoms with Crippen molar-refractivity contribution in [1.29, 1.82) is 0 Å². The summed E-state index contributed by atoms with van der Waals surface area (Å²) in [5.41, 5.74) is -0.504. The van der Waals surface area contributed by atoms with Crippen molar-refractivity contribution >= 4 is 14.2 Å². The molecule has 2 atom stereocenters. The van der Waals surface area contributed by atoms with Gasteiger partial charge in [0.05, 0.1) is 20.7 Å². The van der Waals surface area contributed by atoms with Crippen LogP contribution in [0.15, 0.2) is 11.8 Å². The van der Waals surface area contributed by atoms with E-state index in [4.69, 9.17) is 4.74 Å². The zero-order chi connectivity index (χ0) is 15.0. The van der Waals surface area contributed by atoms with Gasteiger partial charge in [0.1, 0.15) is 5.60 Å². The van der Waals surface area contributed by atoms with E-state index in [0.29, 0.717) is 13.1 Å². The van der Waals surface area contributed by atoms with Gasteiger partial charge in [-0.2, -0.15) is 0 Å². The molecule has 0 saturated carbocycles. The van der Waals surface area contributed by atoms with Crippen LogP contribution in [0.2, 0.25) is 19.6 Å². The first-order valence-corrected chi connectivity index (χ1v) is 10.3. The normalized spacial score (nSPS) is 24.5. The molecule has 0 bridgehead atoms. The Hall–Kier alpha value is -0.813. The predicted molar refractivity (Wildman–Crippen MR) is 79.8 cm³/mol. The molecule has 5 heteroatoms. The fourth-order valence-electron chi connectivity index (χ4n) is 2.16. The van der Waals surface area contributed by atoms with Gasteiger partial charge in [0.15, 0.2) is 0 Å². The number of likely N-dealkylation sites (tertiary alicyclic amines) is 1. The van der Waals surface area contributed by atoms with E-state index in [1.54, 1.807) is 4.90 Å². The summed E-state index contributed by atoms with van der Waals surface area (Å²) in [5, 5.41) is 11.3. The van der Waals surface area contributed by atoms with Crippen LogP contribution >= 0.6 is 0 Å². The van der Waals surface area contributed by atoms with Gasteiger partial charge in [-0.1, -0.05) is 24.8 Å². The van der Waals surface area contributed by atoms with Crippen molar-refractivity contribution in [2.24, 2.45) is 5.92 Å². The van der Waals surface area contributed by atoms with Crippen LogP contribution in [-0.4, -0.2) is 49.0 Å². The maximum atomic E-state index is 12.0. The number of rotatable bonds is 2. The second-order valence-corrected chi connectivity index (χ2v) is 12.5. The number of carbonyl (C=O) groups excluding carboxylic acids is 1. The first-order chi connectivity index (χ1) is 8.42. The third-order valence-electron chi connectivity index (χ3n) is 3.35. The van der Waals surface area contributed by atoms with E-state index in [0.717, 1.165) is 5.20 Å². The summed E-state index contributed by atoms with van der Waals surface area (Å²) in [6.45, 7) is 17.1. The predicted octanol–water partition coefficient (Wildman–Crippen LogP) is 2.65. The number of aliphatic hydroxyl groups is 1. The molecule has 1 N–H and O–H groups in total. The fourth-order valence-corrected chi connectivity index (χ4v) is 3.56. The lowest BCUT2D eigenvalue weighted by Crippen LogP contribution is -2.36. The van der Waals surface area contributed by atoms with Crippen molar-refractivity contribution in [1.82, 2.24) is 4.90 Å². The van der Waals surface area contributed by atoms with Gasteiger partial charge in [-0.15, -0.1) is 6.58 Å². The van der Waals surface area contributed by atoms with Crippen LogP contribution in [0.5, 0.6) is 0 Å². The first kappa shape index (κ1) is 16.2. The second-order valence-electron chi connectivity index (χ2n) is 7.33. The molecule has 1 fully saturated rings. The molecular weight excluding hydrogens is 258 g/mol. The lowest BCUT2D eigenvalue weighted by molar-refractivity contribution is 0.0270. The molecule has 1 rings (SSSR count). The van der Waals surface area contributed by atoms with Gasteiger partial charge in [0.25, 0.3) is 0 Å². The van der Waals surface area contributed by atoms with E-state index in [9.17, 15) is 9.90 Å². The monoisotopic (exact) mass is 285 g/mol. The van der Waals surface area contributed by atoms with Crippen molar-refractivity contribution in [2.45, 2.75) is 52.1 Å². The molecule has 110 valence electrons. The van der Waals surface area contributed by atoms with Crippen LogP contribution in [0.4, 0.5) is 4.79 Å². The zero-order valence-corrected chi connectivity index (χ0v) is 14.0. The number of carbonyl (C=O) groups is 1. The average Bonchev–Trinajstić information content (AvgIpc) is 2.55. The Morgan fingerprint density at radius 2 is 1.84 bits per heavy atom. The summed E-state index contributed by atoms with van der Waals surface area (Å²) >= 11 is 0. The number of β-amino-alcohol motifs (C(OH)–C–C–N with tert-alkyl or cyclic N) is 1. The molecule has 1 saturated heterocycles. The molecule has 1 amide bonds. The van der Waals surface area contributed by atoms with Crippen molar-refractivity contribution in [2.75, 3.05) is 13.1 Å². The maximum absolute atomic E-state index is 12.0. The number of hydrogen-bond donors (Lipinski definition) is 1. The summed E-state index contributed by atoms with van der Waals surface area (Å²) in [7, 11) is -1.51. The maximum Gasteiger partial charge on any atom is 0.410 e. The summed E-state index contributed by atoms with van der Waals surface area (Å²) in [5.74, 6) is -0.0146. The molecule has 4 nitrogen and oxygen atoms in total. The Balaban J connectivity index is 2.70. The first-order valence-electron chi connectivity index (χ1n) is 6.77. The molecule has 0 spiro atoms. The molecule has 0 aromatic carbocycles. The van der Waals surface area contributed by atoms with Gasteiger partial charge in [-0.3, -0.25) is 0 Å². The summed E-state index contributed by atoms with van der Waals surface area (Å²) in [4.78, 5) is 13.6. The molecule has 1 heterocycles. The Kier molecular flexibility index (Phi) is 4.52.